The second-order valence-electron chi connectivity index (χ2n) is 4.15. The fourth-order valence-electron chi connectivity index (χ4n) is 1.87. The van der Waals surface area contributed by atoms with Gasteiger partial charge in [-0.3, -0.25) is 4.79 Å². The minimum atomic E-state index is -0.810. The van der Waals surface area contributed by atoms with E-state index in [0.29, 0.717) is 6.54 Å². The number of anilines is 1. The first kappa shape index (κ1) is 13.5. The van der Waals surface area contributed by atoms with E-state index in [1.54, 1.807) is 5.51 Å². The molecule has 0 saturated carbocycles. The van der Waals surface area contributed by atoms with Crippen LogP contribution in [-0.4, -0.2) is 27.8 Å². The summed E-state index contributed by atoms with van der Waals surface area (Å²) < 4.78 is 0. The van der Waals surface area contributed by atoms with Crippen molar-refractivity contribution >= 4 is 22.4 Å². The maximum Gasteiger partial charge on any atom is 0.305 e. The Balaban J connectivity index is 2.19. The van der Waals surface area contributed by atoms with Crippen LogP contribution in [-0.2, 0) is 4.79 Å². The first-order valence-electron chi connectivity index (χ1n) is 5.98. The highest BCUT2D eigenvalue weighted by atomic mass is 32.1. The SMILES string of the molecule is CC(c1ccccc1)N(CCC(=O)O)c1nncs1. The second kappa shape index (κ2) is 6.29. The molecule has 1 N–H and O–H groups in total. The molecule has 0 saturated heterocycles. The van der Waals surface area contributed by atoms with E-state index in [0.717, 1.165) is 10.7 Å². The molecule has 0 aliphatic carbocycles. The van der Waals surface area contributed by atoms with Gasteiger partial charge in [0.05, 0.1) is 12.5 Å². The minimum absolute atomic E-state index is 0.0634. The van der Waals surface area contributed by atoms with E-state index in [2.05, 4.69) is 10.2 Å². The van der Waals surface area contributed by atoms with E-state index < -0.39 is 5.97 Å². The largest absolute Gasteiger partial charge is 0.481 e. The number of nitrogens with zero attached hydrogens (tertiary/aromatic N) is 3. The van der Waals surface area contributed by atoms with Gasteiger partial charge in [-0.05, 0) is 12.5 Å². The first-order valence-corrected chi connectivity index (χ1v) is 6.86. The summed E-state index contributed by atoms with van der Waals surface area (Å²) in [6.45, 7) is 2.46. The number of carboxylic acid groups (broad SMARTS) is 1. The maximum atomic E-state index is 10.8. The van der Waals surface area contributed by atoms with Crippen molar-refractivity contribution in [1.82, 2.24) is 10.2 Å². The molecule has 0 radical (unpaired) electrons. The Kier molecular flexibility index (Phi) is 4.46. The molecule has 1 heterocycles. The van der Waals surface area contributed by atoms with Crippen molar-refractivity contribution in [2.24, 2.45) is 0 Å². The Hall–Kier alpha value is -1.95. The Morgan fingerprint density at radius 2 is 2.16 bits per heavy atom. The van der Waals surface area contributed by atoms with E-state index in [9.17, 15) is 4.79 Å². The predicted molar refractivity (Wildman–Crippen MR) is 74.4 cm³/mol. The van der Waals surface area contributed by atoms with Crippen molar-refractivity contribution in [3.05, 3.63) is 41.4 Å². The van der Waals surface area contributed by atoms with Crippen molar-refractivity contribution in [2.45, 2.75) is 19.4 Å². The van der Waals surface area contributed by atoms with Gasteiger partial charge in [-0.1, -0.05) is 41.7 Å². The number of carboxylic acids is 1. The number of carbonyl (C=O) groups is 1. The zero-order chi connectivity index (χ0) is 13.7. The number of hydrogen-bond acceptors (Lipinski definition) is 5. The molecule has 6 heteroatoms. The van der Waals surface area contributed by atoms with Crippen LogP contribution in [0.15, 0.2) is 35.8 Å². The third-order valence-electron chi connectivity index (χ3n) is 2.91. The van der Waals surface area contributed by atoms with Crippen LogP contribution in [0.5, 0.6) is 0 Å². The lowest BCUT2D eigenvalue weighted by molar-refractivity contribution is -0.136. The zero-order valence-electron chi connectivity index (χ0n) is 10.6. The molecule has 100 valence electrons. The zero-order valence-corrected chi connectivity index (χ0v) is 11.4. The van der Waals surface area contributed by atoms with Gasteiger partial charge in [-0.25, -0.2) is 0 Å². The Labute approximate surface area is 115 Å². The molecule has 19 heavy (non-hydrogen) atoms. The van der Waals surface area contributed by atoms with Gasteiger partial charge < -0.3 is 10.0 Å². The molecule has 0 fully saturated rings. The fraction of sp³-hybridized carbons (Fsp3) is 0.308. The van der Waals surface area contributed by atoms with Crippen LogP contribution < -0.4 is 4.90 Å². The lowest BCUT2D eigenvalue weighted by atomic mass is 10.1. The number of benzene rings is 1. The summed E-state index contributed by atoms with van der Waals surface area (Å²) in [5.41, 5.74) is 2.78. The third-order valence-corrected chi connectivity index (χ3v) is 3.64. The van der Waals surface area contributed by atoms with Crippen molar-refractivity contribution < 1.29 is 9.90 Å². The van der Waals surface area contributed by atoms with Gasteiger partial charge in [0.25, 0.3) is 0 Å². The molecule has 1 aromatic heterocycles. The van der Waals surface area contributed by atoms with Gasteiger partial charge in [-0.15, -0.1) is 10.2 Å². The highest BCUT2D eigenvalue weighted by Crippen LogP contribution is 2.27. The highest BCUT2D eigenvalue weighted by molar-refractivity contribution is 7.13. The molecular weight excluding hydrogens is 262 g/mol. The molecule has 0 amide bonds. The number of aliphatic carboxylic acids is 1. The van der Waals surface area contributed by atoms with Gasteiger partial charge in [-0.2, -0.15) is 0 Å². The maximum absolute atomic E-state index is 10.8. The summed E-state index contributed by atoms with van der Waals surface area (Å²) in [5, 5.41) is 17.5. The predicted octanol–water partition coefficient (Wildman–Crippen LogP) is 2.58. The molecule has 1 atom stereocenters. The lowest BCUT2D eigenvalue weighted by Crippen LogP contribution is -2.29. The van der Waals surface area contributed by atoms with Crippen LogP contribution in [0.2, 0.25) is 0 Å². The summed E-state index contributed by atoms with van der Waals surface area (Å²) in [6, 6.07) is 10.0. The van der Waals surface area contributed by atoms with Crippen LogP contribution in [0, 0.1) is 0 Å². The molecule has 1 unspecified atom stereocenters. The second-order valence-corrected chi connectivity index (χ2v) is 4.96. The lowest BCUT2D eigenvalue weighted by Gasteiger charge is -2.28. The molecule has 1 aromatic carbocycles. The summed E-state index contributed by atoms with van der Waals surface area (Å²) in [6.07, 6.45) is 0.0801. The van der Waals surface area contributed by atoms with Crippen molar-refractivity contribution in [1.29, 1.82) is 0 Å². The first-order chi connectivity index (χ1) is 9.18. The van der Waals surface area contributed by atoms with E-state index in [4.69, 9.17) is 5.11 Å². The average molecular weight is 277 g/mol. The van der Waals surface area contributed by atoms with E-state index in [1.165, 1.54) is 11.3 Å². The topological polar surface area (TPSA) is 66.3 Å². The summed E-state index contributed by atoms with van der Waals surface area (Å²) >= 11 is 1.42. The molecule has 2 aromatic rings. The molecule has 0 spiro atoms. The standard InChI is InChI=1S/C13H15N3O2S/c1-10(11-5-3-2-4-6-11)16(8-7-12(17)18)13-15-14-9-19-13/h2-6,9-10H,7-8H2,1H3,(H,17,18). The third kappa shape index (κ3) is 3.51. The van der Waals surface area contributed by atoms with Crippen molar-refractivity contribution in [2.75, 3.05) is 11.4 Å². The molecule has 2 rings (SSSR count). The van der Waals surface area contributed by atoms with Gasteiger partial charge in [0, 0.05) is 6.54 Å². The van der Waals surface area contributed by atoms with E-state index >= 15 is 0 Å². The van der Waals surface area contributed by atoms with Crippen LogP contribution in [0.1, 0.15) is 24.9 Å². The highest BCUT2D eigenvalue weighted by Gasteiger charge is 2.19. The normalized spacial score (nSPS) is 12.1. The summed E-state index contributed by atoms with van der Waals surface area (Å²) in [5.74, 6) is -0.810. The van der Waals surface area contributed by atoms with Gasteiger partial charge in [0.1, 0.15) is 5.51 Å². The van der Waals surface area contributed by atoms with Gasteiger partial charge >= 0.3 is 5.97 Å². The average Bonchev–Trinajstić information content (AvgIpc) is 2.93. The summed E-state index contributed by atoms with van der Waals surface area (Å²) in [4.78, 5) is 12.7. The molecule has 5 nitrogen and oxygen atoms in total. The monoisotopic (exact) mass is 277 g/mol. The van der Waals surface area contributed by atoms with Crippen molar-refractivity contribution in [3.63, 3.8) is 0 Å². The van der Waals surface area contributed by atoms with Crippen LogP contribution in [0.25, 0.3) is 0 Å². The number of aromatic nitrogens is 2. The van der Waals surface area contributed by atoms with Gasteiger partial charge in [0.2, 0.25) is 5.13 Å². The van der Waals surface area contributed by atoms with Crippen molar-refractivity contribution in [3.8, 4) is 0 Å². The quantitative estimate of drug-likeness (QED) is 0.879. The smallest absolute Gasteiger partial charge is 0.305 e. The summed E-state index contributed by atoms with van der Waals surface area (Å²) in [7, 11) is 0. The fourth-order valence-corrected chi connectivity index (χ4v) is 2.54. The van der Waals surface area contributed by atoms with E-state index in [1.807, 2.05) is 42.2 Å². The Morgan fingerprint density at radius 1 is 1.42 bits per heavy atom. The minimum Gasteiger partial charge on any atom is -0.481 e. The van der Waals surface area contributed by atoms with Crippen LogP contribution in [0.4, 0.5) is 5.13 Å². The Morgan fingerprint density at radius 3 is 2.74 bits per heavy atom. The number of rotatable bonds is 6. The molecular formula is C13H15N3O2S. The Bertz CT molecular complexity index is 516. The van der Waals surface area contributed by atoms with Crippen LogP contribution >= 0.6 is 11.3 Å². The molecule has 0 aliphatic rings. The van der Waals surface area contributed by atoms with Crippen LogP contribution in [0.3, 0.4) is 0 Å². The number of hydrogen-bond donors (Lipinski definition) is 1. The van der Waals surface area contributed by atoms with Gasteiger partial charge in [0.15, 0.2) is 0 Å². The van der Waals surface area contributed by atoms with E-state index in [-0.39, 0.29) is 12.5 Å². The molecule has 0 aliphatic heterocycles. The molecule has 0 bridgehead atoms.